The molecule has 264 valence electrons. The molecule has 0 radical (unpaired) electrons. The fraction of sp³-hybridized carbons (Fsp3) is 0.571. The van der Waals surface area contributed by atoms with Gasteiger partial charge in [0.2, 0.25) is 0 Å². The predicted molar refractivity (Wildman–Crippen MR) is 200 cm³/mol. The number of phenolic OH excluding ortho intramolecular Hbond substituents is 3. The summed E-state index contributed by atoms with van der Waals surface area (Å²) < 4.78 is 0. The minimum atomic E-state index is 0.307. The highest BCUT2D eigenvalue weighted by Gasteiger charge is 2.29. The lowest BCUT2D eigenvalue weighted by Crippen LogP contribution is -2.54. The topological polar surface area (TPSA) is 70.4 Å². The fourth-order valence-corrected chi connectivity index (χ4v) is 7.60. The quantitative estimate of drug-likeness (QED) is 0.180. The van der Waals surface area contributed by atoms with Gasteiger partial charge in [0.1, 0.15) is 17.2 Å². The number of aryl methyl sites for hydroxylation is 3. The first kappa shape index (κ1) is 37.8. The van der Waals surface area contributed by atoms with Crippen molar-refractivity contribution in [2.24, 2.45) is 0 Å². The highest BCUT2D eigenvalue weighted by atomic mass is 16.3. The summed E-state index contributed by atoms with van der Waals surface area (Å²) in [6.07, 6.45) is 2.96. The maximum absolute atomic E-state index is 11.3. The number of nitrogens with zero attached hydrogens (tertiary/aromatic N) is 3. The lowest BCUT2D eigenvalue weighted by molar-refractivity contribution is -0.0427. The van der Waals surface area contributed by atoms with Crippen LogP contribution in [-0.4, -0.2) is 50.0 Å². The lowest BCUT2D eigenvalue weighted by Gasteiger charge is -2.43. The Balaban J connectivity index is 1.71. The van der Waals surface area contributed by atoms with Gasteiger partial charge in [-0.05, 0) is 145 Å². The van der Waals surface area contributed by atoms with Gasteiger partial charge in [-0.15, -0.1) is 0 Å². The molecule has 3 N–H and O–H groups in total. The van der Waals surface area contributed by atoms with Crippen molar-refractivity contribution in [2.45, 2.75) is 140 Å². The van der Waals surface area contributed by atoms with Crippen molar-refractivity contribution in [2.75, 3.05) is 20.0 Å². The van der Waals surface area contributed by atoms with Gasteiger partial charge in [0.15, 0.2) is 0 Å². The minimum Gasteiger partial charge on any atom is -0.507 e. The zero-order valence-electron chi connectivity index (χ0n) is 32.0. The van der Waals surface area contributed by atoms with Gasteiger partial charge in [0.05, 0.1) is 20.0 Å². The van der Waals surface area contributed by atoms with Gasteiger partial charge in [-0.2, -0.15) is 0 Å². The number of hydrogen-bond acceptors (Lipinski definition) is 6. The standard InChI is InChI=1S/C42H63N3O3/c1-13-25(4)34-16-28(7)37(31(10)40(34)46)19-43-22-44(20-38-29(8)17-35(26(5)14-2)41(47)32(38)11)24-45(23-43)21-39-30(9)18-36(27(6)15-3)42(48)33(39)12/h16-18,25-27,46-48H,13-15,19-24H2,1-12H3. The third-order valence-electron chi connectivity index (χ3n) is 11.6. The SMILES string of the molecule is CCC(C)c1cc(C)c(CN2CN(Cc3c(C)cc(C(C)CC)c(O)c3C)CN(Cc3c(C)cc(C(C)CC)c(O)c3C)C2)c(C)c1O. The Morgan fingerprint density at radius 3 is 0.917 bits per heavy atom. The van der Waals surface area contributed by atoms with Crippen LogP contribution in [0, 0.1) is 41.5 Å². The van der Waals surface area contributed by atoms with Gasteiger partial charge >= 0.3 is 0 Å². The van der Waals surface area contributed by atoms with Crippen LogP contribution >= 0.6 is 0 Å². The van der Waals surface area contributed by atoms with Crippen molar-refractivity contribution >= 4 is 0 Å². The number of phenols is 3. The third-order valence-corrected chi connectivity index (χ3v) is 11.6. The van der Waals surface area contributed by atoms with E-state index in [4.69, 9.17) is 0 Å². The molecule has 3 aromatic carbocycles. The Morgan fingerprint density at radius 2 is 0.708 bits per heavy atom. The van der Waals surface area contributed by atoms with E-state index in [1.54, 1.807) is 0 Å². The second-order valence-corrected chi connectivity index (χ2v) is 15.0. The molecule has 1 fully saturated rings. The van der Waals surface area contributed by atoms with Crippen LogP contribution in [0.5, 0.6) is 17.2 Å². The van der Waals surface area contributed by atoms with Gasteiger partial charge in [0.25, 0.3) is 0 Å². The summed E-state index contributed by atoms with van der Waals surface area (Å²) in [5, 5.41) is 33.8. The number of aromatic hydroxyl groups is 3. The summed E-state index contributed by atoms with van der Waals surface area (Å²) in [5.74, 6) is 2.22. The third kappa shape index (κ3) is 7.72. The maximum atomic E-state index is 11.3. The van der Waals surface area contributed by atoms with Crippen molar-refractivity contribution in [3.63, 3.8) is 0 Å². The fourth-order valence-electron chi connectivity index (χ4n) is 7.60. The summed E-state index contributed by atoms with van der Waals surface area (Å²) >= 11 is 0. The molecule has 48 heavy (non-hydrogen) atoms. The van der Waals surface area contributed by atoms with Crippen molar-refractivity contribution in [3.8, 4) is 17.2 Å². The highest BCUT2D eigenvalue weighted by molar-refractivity contribution is 5.52. The summed E-state index contributed by atoms with van der Waals surface area (Å²) in [5.41, 5.74) is 13.3. The smallest absolute Gasteiger partial charge is 0.122 e. The molecule has 6 nitrogen and oxygen atoms in total. The van der Waals surface area contributed by atoms with E-state index in [2.05, 4.69) is 116 Å². The zero-order valence-corrected chi connectivity index (χ0v) is 32.0. The molecule has 1 aliphatic rings. The second kappa shape index (κ2) is 15.7. The summed E-state index contributed by atoms with van der Waals surface area (Å²) in [6.45, 7) is 30.3. The first-order valence-corrected chi connectivity index (χ1v) is 18.3. The van der Waals surface area contributed by atoms with Gasteiger partial charge < -0.3 is 15.3 Å². The molecule has 3 atom stereocenters. The zero-order chi connectivity index (χ0) is 35.6. The van der Waals surface area contributed by atoms with Crippen LogP contribution in [0.1, 0.15) is 145 Å². The highest BCUT2D eigenvalue weighted by Crippen LogP contribution is 2.38. The van der Waals surface area contributed by atoms with E-state index in [9.17, 15) is 15.3 Å². The van der Waals surface area contributed by atoms with Gasteiger partial charge in [-0.3, -0.25) is 14.7 Å². The normalized spacial score (nSPS) is 16.8. The second-order valence-electron chi connectivity index (χ2n) is 15.0. The minimum absolute atomic E-state index is 0.307. The molecule has 1 aliphatic heterocycles. The number of benzene rings is 3. The lowest BCUT2D eigenvalue weighted by atomic mass is 9.90. The molecule has 0 amide bonds. The predicted octanol–water partition coefficient (Wildman–Crippen LogP) is 9.89. The molecular weight excluding hydrogens is 594 g/mol. The van der Waals surface area contributed by atoms with Crippen molar-refractivity contribution in [1.29, 1.82) is 0 Å². The van der Waals surface area contributed by atoms with Crippen LogP contribution in [0.25, 0.3) is 0 Å². The monoisotopic (exact) mass is 657 g/mol. The maximum Gasteiger partial charge on any atom is 0.122 e. The van der Waals surface area contributed by atoms with Crippen molar-refractivity contribution < 1.29 is 15.3 Å². The number of hydrogen-bond donors (Lipinski definition) is 3. The van der Waals surface area contributed by atoms with E-state index < -0.39 is 0 Å². The van der Waals surface area contributed by atoms with E-state index in [1.807, 2.05) is 0 Å². The Hall–Kier alpha value is -3.06. The molecule has 0 bridgehead atoms. The molecule has 1 heterocycles. The van der Waals surface area contributed by atoms with E-state index in [0.29, 0.717) is 35.0 Å². The van der Waals surface area contributed by atoms with Crippen LogP contribution in [-0.2, 0) is 19.6 Å². The molecule has 0 saturated carbocycles. The van der Waals surface area contributed by atoms with E-state index in [-0.39, 0.29) is 0 Å². The summed E-state index contributed by atoms with van der Waals surface area (Å²) in [7, 11) is 0. The Labute approximate surface area is 291 Å². The Bertz CT molecular complexity index is 1420. The van der Waals surface area contributed by atoms with Crippen LogP contribution in [0.15, 0.2) is 18.2 Å². The van der Waals surface area contributed by atoms with Gasteiger partial charge in [0, 0.05) is 19.6 Å². The number of rotatable bonds is 12. The molecule has 1 saturated heterocycles. The van der Waals surface area contributed by atoms with Crippen LogP contribution < -0.4 is 0 Å². The average Bonchev–Trinajstić information content (AvgIpc) is 3.07. The van der Waals surface area contributed by atoms with Crippen molar-refractivity contribution in [3.05, 3.63) is 85.0 Å². The van der Waals surface area contributed by atoms with Crippen LogP contribution in [0.3, 0.4) is 0 Å². The molecule has 3 aromatic rings. The first-order chi connectivity index (χ1) is 22.6. The van der Waals surface area contributed by atoms with Crippen molar-refractivity contribution in [1.82, 2.24) is 14.7 Å². The van der Waals surface area contributed by atoms with Gasteiger partial charge in [-0.25, -0.2) is 0 Å². The van der Waals surface area contributed by atoms with E-state index in [1.165, 1.54) is 33.4 Å². The van der Waals surface area contributed by atoms with Crippen LogP contribution in [0.4, 0.5) is 0 Å². The average molecular weight is 658 g/mol. The van der Waals surface area contributed by atoms with Gasteiger partial charge in [-0.1, -0.05) is 59.7 Å². The summed E-state index contributed by atoms with van der Waals surface area (Å²) in [6, 6.07) is 6.57. The molecular formula is C42H63N3O3. The van der Waals surface area contributed by atoms with E-state index in [0.717, 1.165) is 92.3 Å². The molecule has 3 unspecified atom stereocenters. The van der Waals surface area contributed by atoms with Crippen LogP contribution in [0.2, 0.25) is 0 Å². The molecule has 6 heteroatoms. The van der Waals surface area contributed by atoms with E-state index >= 15 is 0 Å². The largest absolute Gasteiger partial charge is 0.507 e. The molecule has 0 aromatic heterocycles. The molecule has 0 spiro atoms. The first-order valence-electron chi connectivity index (χ1n) is 18.3. The summed E-state index contributed by atoms with van der Waals surface area (Å²) in [4.78, 5) is 7.41. The Kier molecular flexibility index (Phi) is 12.3. The Morgan fingerprint density at radius 1 is 0.479 bits per heavy atom. The molecule has 4 rings (SSSR count). The molecule has 0 aliphatic carbocycles.